The van der Waals surface area contributed by atoms with E-state index in [4.69, 9.17) is 0 Å². The molecule has 0 fully saturated rings. The number of carbonyl (C=O) groups is 2. The van der Waals surface area contributed by atoms with Gasteiger partial charge in [-0.3, -0.25) is 9.78 Å². The number of hydrogen-bond acceptors (Lipinski definition) is 5. The van der Waals surface area contributed by atoms with E-state index in [0.29, 0.717) is 11.1 Å². The predicted octanol–water partition coefficient (Wildman–Crippen LogP) is -6.55. The molecule has 9 heteroatoms. The summed E-state index contributed by atoms with van der Waals surface area (Å²) < 4.78 is 13.1. The van der Waals surface area contributed by atoms with Crippen molar-refractivity contribution in [2.75, 3.05) is 6.54 Å². The summed E-state index contributed by atoms with van der Waals surface area (Å²) in [5, 5.41) is 24.0. The van der Waals surface area contributed by atoms with Crippen LogP contribution in [0.25, 0.3) is 11.1 Å². The van der Waals surface area contributed by atoms with E-state index in [1.54, 1.807) is 6.07 Å². The number of aliphatic carboxylic acids is 1. The van der Waals surface area contributed by atoms with Crippen LogP contribution in [0.5, 0.6) is 5.75 Å². The first-order valence-corrected chi connectivity index (χ1v) is 5.88. The van der Waals surface area contributed by atoms with Crippen LogP contribution in [0.4, 0.5) is 4.39 Å². The molecule has 0 atom stereocenters. The Labute approximate surface area is 196 Å². The van der Waals surface area contributed by atoms with Gasteiger partial charge in [0, 0.05) is 6.20 Å². The van der Waals surface area contributed by atoms with Gasteiger partial charge in [-0.05, 0) is 23.3 Å². The quantitative estimate of drug-likeness (QED) is 0.552. The van der Waals surface area contributed by atoms with Gasteiger partial charge in [0.05, 0.1) is 12.5 Å². The maximum absolute atomic E-state index is 13.1. The first-order chi connectivity index (χ1) is 9.97. The number of hydrogen-bond donors (Lipinski definition) is 1. The molecular weight excluding hydrogens is 341 g/mol. The number of nitrogens with zero attached hydrogens (tertiary/aromatic N) is 1. The third kappa shape index (κ3) is 6.59. The second kappa shape index (κ2) is 10.5. The molecule has 1 heterocycles. The van der Waals surface area contributed by atoms with Gasteiger partial charge >= 0.3 is 80.9 Å². The van der Waals surface area contributed by atoms with Crippen LogP contribution in [-0.2, 0) is 4.79 Å². The summed E-state index contributed by atoms with van der Waals surface area (Å²) in [7, 11) is 0. The Morgan fingerprint density at radius 3 is 2.48 bits per heavy atom. The van der Waals surface area contributed by atoms with Crippen LogP contribution < -0.4 is 96.5 Å². The summed E-state index contributed by atoms with van der Waals surface area (Å²) >= 11 is 0. The molecule has 0 aliphatic rings. The van der Waals surface area contributed by atoms with Crippen LogP contribution >= 0.6 is 0 Å². The van der Waals surface area contributed by atoms with Gasteiger partial charge in [-0.25, -0.2) is 4.39 Å². The number of aromatic nitrogens is 1. The van der Waals surface area contributed by atoms with E-state index in [2.05, 4.69) is 4.98 Å². The minimum Gasteiger partial charge on any atom is -0.871 e. The number of rotatable bonds is 4. The van der Waals surface area contributed by atoms with Crippen molar-refractivity contribution in [1.82, 2.24) is 10.3 Å². The van der Waals surface area contributed by atoms with Crippen molar-refractivity contribution in [2.45, 2.75) is 0 Å². The van der Waals surface area contributed by atoms with Crippen molar-refractivity contribution in [3.8, 4) is 16.9 Å². The third-order valence-electron chi connectivity index (χ3n) is 2.62. The Morgan fingerprint density at radius 1 is 1.22 bits per heavy atom. The number of carboxylic acid groups (broad SMARTS) is 1. The minimum atomic E-state index is -1.48. The summed E-state index contributed by atoms with van der Waals surface area (Å²) in [5.74, 6) is -3.54. The number of carboxylic acids is 1. The van der Waals surface area contributed by atoms with E-state index in [1.807, 2.05) is 5.32 Å². The molecule has 0 bridgehead atoms. The molecule has 2 aromatic rings. The first-order valence-electron chi connectivity index (χ1n) is 5.88. The van der Waals surface area contributed by atoms with Crippen molar-refractivity contribution >= 4 is 11.9 Å². The van der Waals surface area contributed by atoms with Crippen molar-refractivity contribution in [3.63, 3.8) is 0 Å². The van der Waals surface area contributed by atoms with Gasteiger partial charge in [-0.1, -0.05) is 23.9 Å². The maximum Gasteiger partial charge on any atom is 1.00 e. The van der Waals surface area contributed by atoms with E-state index < -0.39 is 35.7 Å². The molecule has 0 radical (unpaired) electrons. The van der Waals surface area contributed by atoms with Crippen LogP contribution in [-0.4, -0.2) is 23.4 Å². The topological polar surface area (TPSA) is 105 Å². The Bertz CT molecular complexity index is 715. The molecule has 1 aromatic carbocycles. The summed E-state index contributed by atoms with van der Waals surface area (Å²) in [5.41, 5.74) is 0.369. The number of halogens is 1. The SMILES string of the molecule is O=C([O-])CNC(=O)c1ncc(-c2cccc(F)c2)cc1[O-].[K+].[Na+]. The zero-order valence-corrected chi connectivity index (χ0v) is 17.8. The zero-order chi connectivity index (χ0) is 15.4. The number of pyridine rings is 1. The Kier molecular flexibility index (Phi) is 10.4. The molecule has 0 saturated heterocycles. The molecule has 0 spiro atoms. The standard InChI is InChI=1S/C14H11FN2O4.K.Na/c15-10-3-1-2-8(4-10)9-5-11(18)13(16-6-9)14(21)17-7-12(19)20;;/h1-6,18H,7H2,(H,17,21)(H,19,20);;/q;2*+1/p-2. The average Bonchev–Trinajstić information content (AvgIpc) is 2.44. The fourth-order valence-corrected chi connectivity index (χ4v) is 1.68. The fraction of sp³-hybridized carbons (Fsp3) is 0.0714. The zero-order valence-electron chi connectivity index (χ0n) is 12.6. The number of amides is 1. The average molecular weight is 350 g/mol. The van der Waals surface area contributed by atoms with E-state index in [0.717, 1.165) is 6.07 Å². The van der Waals surface area contributed by atoms with E-state index in [1.165, 1.54) is 24.4 Å². The molecule has 0 aliphatic heterocycles. The van der Waals surface area contributed by atoms with Gasteiger partial charge in [-0.2, -0.15) is 0 Å². The molecule has 2 rings (SSSR count). The number of benzene rings is 1. The summed E-state index contributed by atoms with van der Waals surface area (Å²) in [6, 6.07) is 6.70. The van der Waals surface area contributed by atoms with Crippen LogP contribution in [0.2, 0.25) is 0 Å². The molecule has 1 N–H and O–H groups in total. The molecule has 1 amide bonds. The Balaban J connectivity index is 0.00000242. The molecule has 0 saturated carbocycles. The normalized spacial score (nSPS) is 9.26. The Hall–Kier alpha value is -0.324. The van der Waals surface area contributed by atoms with Crippen LogP contribution in [0.3, 0.4) is 0 Å². The predicted molar refractivity (Wildman–Crippen MR) is 66.4 cm³/mol. The van der Waals surface area contributed by atoms with Crippen LogP contribution in [0.15, 0.2) is 36.5 Å². The van der Waals surface area contributed by atoms with Crippen LogP contribution in [0.1, 0.15) is 10.5 Å². The molecule has 1 aromatic heterocycles. The van der Waals surface area contributed by atoms with Gasteiger partial charge < -0.3 is 20.3 Å². The van der Waals surface area contributed by atoms with Gasteiger partial charge in [0.25, 0.3) is 5.91 Å². The van der Waals surface area contributed by atoms with Gasteiger partial charge in [-0.15, -0.1) is 0 Å². The van der Waals surface area contributed by atoms with Gasteiger partial charge in [0.1, 0.15) is 11.5 Å². The van der Waals surface area contributed by atoms with Crippen LogP contribution in [0, 0.1) is 5.82 Å². The third-order valence-corrected chi connectivity index (χ3v) is 2.62. The number of nitrogens with one attached hydrogen (secondary N) is 1. The number of carbonyl (C=O) groups excluding carboxylic acids is 2. The molecule has 0 unspecified atom stereocenters. The second-order valence-corrected chi connectivity index (χ2v) is 4.14. The Morgan fingerprint density at radius 2 is 1.91 bits per heavy atom. The van der Waals surface area contributed by atoms with Crippen molar-refractivity contribution in [3.05, 3.63) is 48.0 Å². The molecule has 6 nitrogen and oxygen atoms in total. The van der Waals surface area contributed by atoms with Crippen molar-refractivity contribution in [2.24, 2.45) is 0 Å². The molecule has 108 valence electrons. The molecule has 0 aliphatic carbocycles. The van der Waals surface area contributed by atoms with E-state index >= 15 is 0 Å². The minimum absolute atomic E-state index is 0. The van der Waals surface area contributed by atoms with Crippen molar-refractivity contribution < 1.29 is 105 Å². The summed E-state index contributed by atoms with van der Waals surface area (Å²) in [6.07, 6.45) is 1.24. The van der Waals surface area contributed by atoms with E-state index in [9.17, 15) is 24.2 Å². The first kappa shape index (κ1) is 22.7. The monoisotopic (exact) mass is 350 g/mol. The second-order valence-electron chi connectivity index (χ2n) is 4.14. The van der Waals surface area contributed by atoms with Gasteiger partial charge in [0.15, 0.2) is 0 Å². The molecule has 23 heavy (non-hydrogen) atoms. The van der Waals surface area contributed by atoms with E-state index in [-0.39, 0.29) is 80.9 Å². The van der Waals surface area contributed by atoms with Gasteiger partial charge in [0.2, 0.25) is 0 Å². The molecular formula is C14H9FKN2NaO4. The van der Waals surface area contributed by atoms with Crippen molar-refractivity contribution in [1.29, 1.82) is 0 Å². The maximum atomic E-state index is 13.1. The fourth-order valence-electron chi connectivity index (χ4n) is 1.68. The smallest absolute Gasteiger partial charge is 0.871 e. The summed E-state index contributed by atoms with van der Waals surface area (Å²) in [6.45, 7) is -0.717. The summed E-state index contributed by atoms with van der Waals surface area (Å²) in [4.78, 5) is 25.5. The largest absolute Gasteiger partial charge is 1.00 e.